The molecule has 2 aromatic rings. The molecule has 22 heavy (non-hydrogen) atoms. The highest BCUT2D eigenvalue weighted by atomic mass is 16.5. The fourth-order valence-corrected chi connectivity index (χ4v) is 2.73. The number of benzene rings is 2. The summed E-state index contributed by atoms with van der Waals surface area (Å²) in [4.78, 5) is 12.4. The number of fused-ring (bicyclic) bond motifs is 1. The van der Waals surface area contributed by atoms with Crippen LogP contribution in [0.4, 0.5) is 5.69 Å². The second-order valence-corrected chi connectivity index (χ2v) is 5.07. The number of rotatable bonds is 3. The number of methoxy groups -OCH3 is 2. The molecule has 0 radical (unpaired) electrons. The second-order valence-electron chi connectivity index (χ2n) is 5.07. The van der Waals surface area contributed by atoms with Gasteiger partial charge in [0, 0.05) is 16.8 Å². The van der Waals surface area contributed by atoms with Crippen LogP contribution in [-0.4, -0.2) is 20.1 Å². The van der Waals surface area contributed by atoms with Gasteiger partial charge < -0.3 is 14.8 Å². The maximum atomic E-state index is 12.4. The first-order valence-electron chi connectivity index (χ1n) is 6.99. The van der Waals surface area contributed by atoms with E-state index in [0.29, 0.717) is 11.3 Å². The van der Waals surface area contributed by atoms with E-state index in [9.17, 15) is 4.79 Å². The summed E-state index contributed by atoms with van der Waals surface area (Å²) in [6, 6.07) is 13.2. The fourth-order valence-electron chi connectivity index (χ4n) is 2.73. The van der Waals surface area contributed by atoms with Gasteiger partial charge in [-0.3, -0.25) is 4.79 Å². The average molecular weight is 295 g/mol. The summed E-state index contributed by atoms with van der Waals surface area (Å²) >= 11 is 0. The standard InChI is InChI=1S/C18H17NO3/c1-11(14-10-12(21-2)8-9-16(14)22-3)17-13-6-4-5-7-15(13)19-18(17)20/h4-10H,1-3H3,(H,19,20)/b17-11-. The molecule has 0 saturated carbocycles. The molecule has 1 aliphatic heterocycles. The predicted molar refractivity (Wildman–Crippen MR) is 87.1 cm³/mol. The Bertz CT molecular complexity index is 778. The van der Waals surface area contributed by atoms with E-state index in [1.165, 1.54) is 0 Å². The van der Waals surface area contributed by atoms with Crippen molar-refractivity contribution in [3.05, 3.63) is 53.6 Å². The maximum Gasteiger partial charge on any atom is 0.256 e. The van der Waals surface area contributed by atoms with E-state index < -0.39 is 0 Å². The maximum absolute atomic E-state index is 12.4. The number of ether oxygens (including phenoxy) is 2. The van der Waals surface area contributed by atoms with Gasteiger partial charge in [0.15, 0.2) is 0 Å². The summed E-state index contributed by atoms with van der Waals surface area (Å²) in [6.45, 7) is 1.92. The zero-order valence-electron chi connectivity index (χ0n) is 12.8. The van der Waals surface area contributed by atoms with Crippen LogP contribution in [0.15, 0.2) is 42.5 Å². The number of nitrogens with one attached hydrogen (secondary N) is 1. The van der Waals surface area contributed by atoms with Crippen molar-refractivity contribution < 1.29 is 14.3 Å². The highest BCUT2D eigenvalue weighted by molar-refractivity contribution is 6.36. The van der Waals surface area contributed by atoms with Gasteiger partial charge in [0.05, 0.1) is 19.8 Å². The largest absolute Gasteiger partial charge is 0.497 e. The summed E-state index contributed by atoms with van der Waals surface area (Å²) < 4.78 is 10.7. The Hall–Kier alpha value is -2.75. The van der Waals surface area contributed by atoms with Crippen molar-refractivity contribution in [1.82, 2.24) is 0 Å². The molecule has 0 aliphatic carbocycles. The summed E-state index contributed by atoms with van der Waals surface area (Å²) in [7, 11) is 3.23. The number of anilines is 1. The Kier molecular flexibility index (Phi) is 3.59. The van der Waals surface area contributed by atoms with Gasteiger partial charge in [-0.05, 0) is 36.8 Å². The van der Waals surface area contributed by atoms with Crippen LogP contribution in [0.25, 0.3) is 11.1 Å². The number of para-hydroxylation sites is 1. The quantitative estimate of drug-likeness (QED) is 0.880. The van der Waals surface area contributed by atoms with Gasteiger partial charge in [-0.25, -0.2) is 0 Å². The van der Waals surface area contributed by atoms with Gasteiger partial charge >= 0.3 is 0 Å². The smallest absolute Gasteiger partial charge is 0.256 e. The molecule has 112 valence electrons. The molecule has 0 bridgehead atoms. The molecule has 1 amide bonds. The van der Waals surface area contributed by atoms with Crippen LogP contribution in [-0.2, 0) is 4.79 Å². The van der Waals surface area contributed by atoms with Crippen LogP contribution in [0.2, 0.25) is 0 Å². The zero-order chi connectivity index (χ0) is 15.7. The van der Waals surface area contributed by atoms with Crippen LogP contribution < -0.4 is 14.8 Å². The molecule has 0 aromatic heterocycles. The Labute approximate surface area is 129 Å². The summed E-state index contributed by atoms with van der Waals surface area (Å²) in [5.74, 6) is 1.34. The van der Waals surface area contributed by atoms with Gasteiger partial charge in [-0.15, -0.1) is 0 Å². The SMILES string of the molecule is COc1ccc(OC)c(/C(C)=C2\C(=O)Nc3ccccc32)c1. The minimum atomic E-state index is -0.0939. The molecular formula is C18H17NO3. The summed E-state index contributed by atoms with van der Waals surface area (Å²) in [5, 5.41) is 2.90. The van der Waals surface area contributed by atoms with Crippen molar-refractivity contribution in [3.8, 4) is 11.5 Å². The van der Waals surface area contributed by atoms with Crippen molar-refractivity contribution in [3.63, 3.8) is 0 Å². The van der Waals surface area contributed by atoms with Crippen molar-refractivity contribution >= 4 is 22.7 Å². The topological polar surface area (TPSA) is 47.6 Å². The molecule has 2 aromatic carbocycles. The van der Waals surface area contributed by atoms with Crippen LogP contribution in [0.1, 0.15) is 18.1 Å². The minimum Gasteiger partial charge on any atom is -0.497 e. The molecule has 0 spiro atoms. The lowest BCUT2D eigenvalue weighted by Gasteiger charge is -2.12. The molecule has 0 unspecified atom stereocenters. The average Bonchev–Trinajstić information content (AvgIpc) is 2.89. The Morgan fingerprint density at radius 3 is 2.55 bits per heavy atom. The van der Waals surface area contributed by atoms with E-state index in [2.05, 4.69) is 5.32 Å². The third-order valence-electron chi connectivity index (χ3n) is 3.86. The molecule has 4 heteroatoms. The monoisotopic (exact) mass is 295 g/mol. The third-order valence-corrected chi connectivity index (χ3v) is 3.86. The van der Waals surface area contributed by atoms with Crippen molar-refractivity contribution in [2.45, 2.75) is 6.92 Å². The molecule has 1 aliphatic rings. The van der Waals surface area contributed by atoms with E-state index in [0.717, 1.165) is 28.1 Å². The summed E-state index contributed by atoms with van der Waals surface area (Å²) in [5.41, 5.74) is 4.13. The van der Waals surface area contributed by atoms with Crippen molar-refractivity contribution in [1.29, 1.82) is 0 Å². The summed E-state index contributed by atoms with van der Waals surface area (Å²) in [6.07, 6.45) is 0. The Morgan fingerprint density at radius 2 is 1.82 bits per heavy atom. The lowest BCUT2D eigenvalue weighted by atomic mass is 9.96. The molecule has 3 rings (SSSR count). The van der Waals surface area contributed by atoms with E-state index >= 15 is 0 Å². The van der Waals surface area contributed by atoms with Crippen LogP contribution in [0.3, 0.4) is 0 Å². The number of carbonyl (C=O) groups is 1. The van der Waals surface area contributed by atoms with Crippen molar-refractivity contribution in [2.75, 3.05) is 19.5 Å². The van der Waals surface area contributed by atoms with Gasteiger partial charge in [0.2, 0.25) is 0 Å². The molecule has 0 atom stereocenters. The van der Waals surface area contributed by atoms with Crippen molar-refractivity contribution in [2.24, 2.45) is 0 Å². The fraction of sp³-hybridized carbons (Fsp3) is 0.167. The first kappa shape index (κ1) is 14.2. The molecule has 1 heterocycles. The van der Waals surface area contributed by atoms with Gasteiger partial charge in [0.25, 0.3) is 5.91 Å². The van der Waals surface area contributed by atoms with Gasteiger partial charge in [0.1, 0.15) is 11.5 Å². The zero-order valence-corrected chi connectivity index (χ0v) is 12.8. The molecule has 0 saturated heterocycles. The van der Waals surface area contributed by atoms with Crippen LogP contribution in [0, 0.1) is 0 Å². The van der Waals surface area contributed by atoms with E-state index in [1.54, 1.807) is 14.2 Å². The first-order valence-corrected chi connectivity index (χ1v) is 6.99. The number of hydrogen-bond donors (Lipinski definition) is 1. The number of carbonyl (C=O) groups excluding carboxylic acids is 1. The third kappa shape index (κ3) is 2.22. The van der Waals surface area contributed by atoms with E-state index in [1.807, 2.05) is 49.4 Å². The van der Waals surface area contributed by atoms with E-state index in [4.69, 9.17) is 9.47 Å². The first-order chi connectivity index (χ1) is 10.7. The molecular weight excluding hydrogens is 278 g/mol. The highest BCUT2D eigenvalue weighted by Crippen LogP contribution is 2.39. The number of allylic oxidation sites excluding steroid dienone is 1. The lowest BCUT2D eigenvalue weighted by Crippen LogP contribution is -2.05. The number of hydrogen-bond acceptors (Lipinski definition) is 3. The lowest BCUT2D eigenvalue weighted by molar-refractivity contribution is -0.110. The second kappa shape index (κ2) is 5.56. The van der Waals surface area contributed by atoms with Crippen LogP contribution >= 0.6 is 0 Å². The van der Waals surface area contributed by atoms with Crippen LogP contribution in [0.5, 0.6) is 11.5 Å². The predicted octanol–water partition coefficient (Wildman–Crippen LogP) is 3.59. The normalized spacial score (nSPS) is 15.1. The number of amides is 1. The van der Waals surface area contributed by atoms with Gasteiger partial charge in [-0.2, -0.15) is 0 Å². The molecule has 4 nitrogen and oxygen atoms in total. The Morgan fingerprint density at radius 1 is 1.05 bits per heavy atom. The van der Waals surface area contributed by atoms with E-state index in [-0.39, 0.29) is 5.91 Å². The highest BCUT2D eigenvalue weighted by Gasteiger charge is 2.27. The van der Waals surface area contributed by atoms with Gasteiger partial charge in [-0.1, -0.05) is 18.2 Å². The molecule has 1 N–H and O–H groups in total. The molecule has 0 fully saturated rings. The Balaban J connectivity index is 2.22. The minimum absolute atomic E-state index is 0.0939.